The normalized spacial score (nSPS) is 13.7. The van der Waals surface area contributed by atoms with Gasteiger partial charge in [-0.25, -0.2) is 4.99 Å². The predicted molar refractivity (Wildman–Crippen MR) is 118 cm³/mol. The topological polar surface area (TPSA) is 104 Å². The lowest BCUT2D eigenvalue weighted by Gasteiger charge is -2.07. The highest BCUT2D eigenvalue weighted by molar-refractivity contribution is 6.20. The van der Waals surface area contributed by atoms with Crippen LogP contribution >= 0.6 is 0 Å². The predicted octanol–water partition coefficient (Wildman–Crippen LogP) is 3.28. The summed E-state index contributed by atoms with van der Waals surface area (Å²) in [4.78, 5) is 29.8. The Morgan fingerprint density at radius 2 is 1.77 bits per heavy atom. The van der Waals surface area contributed by atoms with Gasteiger partial charge in [-0.05, 0) is 36.6 Å². The molecule has 158 valence electrons. The molecule has 0 spiro atoms. The molecular weight excluding hydrogens is 392 g/mol. The molecule has 3 rings (SSSR count). The summed E-state index contributed by atoms with van der Waals surface area (Å²) in [6.45, 7) is 4.59. The van der Waals surface area contributed by atoms with Gasteiger partial charge in [0.2, 0.25) is 0 Å². The first-order chi connectivity index (χ1) is 14.9. The minimum atomic E-state index is -0.473. The lowest BCUT2D eigenvalue weighted by Crippen LogP contribution is -2.30. The number of nitriles is 1. The molecule has 2 N–H and O–H groups in total. The average molecular weight is 416 g/mol. The number of nitrogens with one attached hydrogen (secondary N) is 2. The van der Waals surface area contributed by atoms with E-state index >= 15 is 0 Å². The fraction of sp³-hybridized carbons (Fsp3) is 0.250. The van der Waals surface area contributed by atoms with Crippen LogP contribution in [0.3, 0.4) is 0 Å². The number of methoxy groups -OCH3 is 1. The number of aliphatic imine (C=N–C) groups is 1. The van der Waals surface area contributed by atoms with Gasteiger partial charge in [0, 0.05) is 23.2 Å². The highest BCUT2D eigenvalue weighted by atomic mass is 16.5. The van der Waals surface area contributed by atoms with Crippen molar-refractivity contribution in [3.05, 3.63) is 70.8 Å². The van der Waals surface area contributed by atoms with Crippen molar-refractivity contribution in [1.29, 1.82) is 5.26 Å². The van der Waals surface area contributed by atoms with Crippen molar-refractivity contribution in [2.24, 2.45) is 10.9 Å². The van der Waals surface area contributed by atoms with E-state index in [1.54, 1.807) is 49.6 Å². The van der Waals surface area contributed by atoms with Gasteiger partial charge in [-0.1, -0.05) is 38.1 Å². The SMILES string of the molecule is COc1ccc(C(=O)NC2=NC(=C(C#N)C(=O)NCCC(C)C)c3ccccc32)cc1. The third kappa shape index (κ3) is 4.98. The summed E-state index contributed by atoms with van der Waals surface area (Å²) in [6, 6.07) is 15.8. The number of carbonyl (C=O) groups is 2. The molecule has 1 aliphatic heterocycles. The van der Waals surface area contributed by atoms with Gasteiger partial charge in [0.25, 0.3) is 11.8 Å². The number of hydrogen-bond acceptors (Lipinski definition) is 5. The number of amidine groups is 1. The van der Waals surface area contributed by atoms with Crippen LogP contribution in [0.5, 0.6) is 5.75 Å². The Morgan fingerprint density at radius 3 is 2.39 bits per heavy atom. The van der Waals surface area contributed by atoms with Crippen LogP contribution < -0.4 is 15.4 Å². The number of ether oxygens (including phenoxy) is 1. The van der Waals surface area contributed by atoms with Crippen LogP contribution in [0.1, 0.15) is 41.8 Å². The van der Waals surface area contributed by atoms with Gasteiger partial charge >= 0.3 is 0 Å². The van der Waals surface area contributed by atoms with Crippen LogP contribution in [0.2, 0.25) is 0 Å². The summed E-state index contributed by atoms with van der Waals surface area (Å²) in [5, 5.41) is 15.2. The molecule has 0 saturated carbocycles. The first kappa shape index (κ1) is 21.8. The molecule has 2 aromatic carbocycles. The molecule has 1 aliphatic rings. The standard InChI is InChI=1S/C24H24N4O3/c1-15(2)12-13-26-24(30)20(14-25)21-18-6-4-5-7-19(18)22(27-21)28-23(29)16-8-10-17(31-3)11-9-16/h4-11,15H,12-13H2,1-3H3,(H,26,30)(H,27,28,29). The van der Waals surface area contributed by atoms with Gasteiger partial charge in [-0.3, -0.25) is 9.59 Å². The van der Waals surface area contributed by atoms with Crippen LogP contribution in [-0.4, -0.2) is 31.3 Å². The van der Waals surface area contributed by atoms with Crippen LogP contribution in [-0.2, 0) is 4.79 Å². The first-order valence-electron chi connectivity index (χ1n) is 10.0. The third-order valence-electron chi connectivity index (χ3n) is 4.83. The smallest absolute Gasteiger partial charge is 0.264 e. The quantitative estimate of drug-likeness (QED) is 0.557. The van der Waals surface area contributed by atoms with Crippen molar-refractivity contribution in [2.45, 2.75) is 20.3 Å². The molecule has 0 aromatic heterocycles. The minimum Gasteiger partial charge on any atom is -0.497 e. The van der Waals surface area contributed by atoms with Gasteiger partial charge in [0.05, 0.1) is 12.8 Å². The van der Waals surface area contributed by atoms with Gasteiger partial charge in [0.15, 0.2) is 0 Å². The monoisotopic (exact) mass is 416 g/mol. The van der Waals surface area contributed by atoms with E-state index in [0.717, 1.165) is 6.42 Å². The largest absolute Gasteiger partial charge is 0.497 e. The lowest BCUT2D eigenvalue weighted by molar-refractivity contribution is -0.117. The number of rotatable bonds is 6. The molecule has 31 heavy (non-hydrogen) atoms. The summed E-state index contributed by atoms with van der Waals surface area (Å²) in [5.74, 6) is 0.557. The Morgan fingerprint density at radius 1 is 1.10 bits per heavy atom. The van der Waals surface area contributed by atoms with Crippen molar-refractivity contribution in [1.82, 2.24) is 10.6 Å². The van der Waals surface area contributed by atoms with Crippen LogP contribution in [0.15, 0.2) is 59.1 Å². The lowest BCUT2D eigenvalue weighted by atomic mass is 10.0. The zero-order valence-electron chi connectivity index (χ0n) is 17.7. The van der Waals surface area contributed by atoms with Crippen molar-refractivity contribution in [2.75, 3.05) is 13.7 Å². The number of amides is 2. The number of carbonyl (C=O) groups excluding carboxylic acids is 2. The summed E-state index contributed by atoms with van der Waals surface area (Å²) in [5.41, 5.74) is 1.89. The first-order valence-corrected chi connectivity index (χ1v) is 10.0. The Kier molecular flexibility index (Phi) is 6.83. The van der Waals surface area contributed by atoms with Gasteiger partial charge in [-0.15, -0.1) is 0 Å². The second-order valence-corrected chi connectivity index (χ2v) is 7.46. The van der Waals surface area contributed by atoms with E-state index in [1.807, 2.05) is 12.1 Å². The molecule has 7 heteroatoms. The maximum absolute atomic E-state index is 12.7. The summed E-state index contributed by atoms with van der Waals surface area (Å²) in [6.07, 6.45) is 0.808. The summed E-state index contributed by atoms with van der Waals surface area (Å²) < 4.78 is 5.11. The summed E-state index contributed by atoms with van der Waals surface area (Å²) in [7, 11) is 1.55. The van der Waals surface area contributed by atoms with E-state index in [2.05, 4.69) is 29.5 Å². The molecular formula is C24H24N4O3. The molecule has 0 aliphatic carbocycles. The fourth-order valence-electron chi connectivity index (χ4n) is 3.11. The molecule has 7 nitrogen and oxygen atoms in total. The van der Waals surface area contributed by atoms with E-state index in [-0.39, 0.29) is 17.2 Å². The highest BCUT2D eigenvalue weighted by Crippen LogP contribution is 2.30. The highest BCUT2D eigenvalue weighted by Gasteiger charge is 2.27. The zero-order valence-corrected chi connectivity index (χ0v) is 17.7. The molecule has 0 bridgehead atoms. The van der Waals surface area contributed by atoms with E-state index in [1.165, 1.54) is 0 Å². The van der Waals surface area contributed by atoms with Crippen LogP contribution in [0.25, 0.3) is 5.70 Å². The van der Waals surface area contributed by atoms with Gasteiger partial charge < -0.3 is 15.4 Å². The second kappa shape index (κ2) is 9.72. The molecule has 1 heterocycles. The number of nitrogens with zero attached hydrogens (tertiary/aromatic N) is 2. The Hall–Kier alpha value is -3.92. The minimum absolute atomic E-state index is 0.0788. The van der Waals surface area contributed by atoms with Gasteiger partial charge in [-0.2, -0.15) is 5.26 Å². The van der Waals surface area contributed by atoms with Crippen LogP contribution in [0.4, 0.5) is 0 Å². The average Bonchev–Trinajstić information content (AvgIpc) is 3.12. The van der Waals surface area contributed by atoms with Crippen molar-refractivity contribution < 1.29 is 14.3 Å². The molecule has 0 atom stereocenters. The van der Waals surface area contributed by atoms with Gasteiger partial charge in [0.1, 0.15) is 23.2 Å². The molecule has 2 amide bonds. The van der Waals surface area contributed by atoms with Crippen LogP contribution in [0, 0.1) is 17.2 Å². The Bertz CT molecular complexity index is 1090. The van der Waals surface area contributed by atoms with E-state index in [0.29, 0.717) is 40.7 Å². The molecule has 2 aromatic rings. The maximum Gasteiger partial charge on any atom is 0.264 e. The molecule has 0 radical (unpaired) electrons. The molecule has 0 unspecified atom stereocenters. The number of fused-ring (bicyclic) bond motifs is 1. The Balaban J connectivity index is 1.89. The maximum atomic E-state index is 12.7. The van der Waals surface area contributed by atoms with Crippen molar-refractivity contribution in [3.63, 3.8) is 0 Å². The second-order valence-electron chi connectivity index (χ2n) is 7.46. The van der Waals surface area contributed by atoms with Crippen molar-refractivity contribution in [3.8, 4) is 11.8 Å². The van der Waals surface area contributed by atoms with Crippen molar-refractivity contribution >= 4 is 23.3 Å². The molecule has 0 fully saturated rings. The Labute approximate surface area is 181 Å². The van der Waals surface area contributed by atoms with E-state index in [9.17, 15) is 14.9 Å². The zero-order chi connectivity index (χ0) is 22.4. The fourth-order valence-corrected chi connectivity index (χ4v) is 3.11. The summed E-state index contributed by atoms with van der Waals surface area (Å²) >= 11 is 0. The van der Waals surface area contributed by atoms with E-state index in [4.69, 9.17) is 4.74 Å². The molecule has 0 saturated heterocycles. The third-order valence-corrected chi connectivity index (χ3v) is 4.83. The number of benzene rings is 2. The number of hydrogen-bond donors (Lipinski definition) is 2. The van der Waals surface area contributed by atoms with E-state index < -0.39 is 5.91 Å².